The summed E-state index contributed by atoms with van der Waals surface area (Å²) in [6.45, 7) is 4.42. The Bertz CT molecular complexity index is 1280. The van der Waals surface area contributed by atoms with E-state index in [4.69, 9.17) is 21.1 Å². The molecule has 0 bridgehead atoms. The molecule has 1 amide bonds. The molecule has 1 N–H and O–H groups in total. The smallest absolute Gasteiger partial charge is 0.262 e. The number of benzene rings is 3. The predicted octanol–water partition coefficient (Wildman–Crippen LogP) is 6.64. The van der Waals surface area contributed by atoms with E-state index in [-0.39, 0.29) is 5.57 Å². The number of carbonyl (C=O) groups excluding carboxylic acids is 1. The summed E-state index contributed by atoms with van der Waals surface area (Å²) in [7, 11) is 1.59. The number of allylic oxidation sites excluding steroid dienone is 1. The maximum Gasteiger partial charge on any atom is 0.262 e. The van der Waals surface area contributed by atoms with Crippen LogP contribution in [0.5, 0.6) is 11.5 Å². The molecular formula is C28H24BrClN2O3. The monoisotopic (exact) mass is 550 g/mol. The Morgan fingerprint density at radius 3 is 2.57 bits per heavy atom. The lowest BCUT2D eigenvalue weighted by Gasteiger charge is -2.15. The minimum atomic E-state index is -0.455. The Morgan fingerprint density at radius 1 is 1.17 bits per heavy atom. The van der Waals surface area contributed by atoms with Gasteiger partial charge in [-0.25, -0.2) is 0 Å². The summed E-state index contributed by atoms with van der Waals surface area (Å²) in [4.78, 5) is 12.6. The van der Waals surface area contributed by atoms with Crippen molar-refractivity contribution in [2.75, 3.05) is 7.11 Å². The fourth-order valence-electron chi connectivity index (χ4n) is 3.33. The second-order valence-electron chi connectivity index (χ2n) is 7.56. The zero-order valence-electron chi connectivity index (χ0n) is 19.2. The first-order valence-corrected chi connectivity index (χ1v) is 11.9. The van der Waals surface area contributed by atoms with Crippen LogP contribution in [0.25, 0.3) is 6.08 Å². The fraction of sp³-hybridized carbons (Fsp3) is 0.143. The van der Waals surface area contributed by atoms with Gasteiger partial charge < -0.3 is 14.8 Å². The molecular weight excluding hydrogens is 528 g/mol. The van der Waals surface area contributed by atoms with Crippen molar-refractivity contribution in [3.63, 3.8) is 0 Å². The molecule has 0 unspecified atom stereocenters. The Kier molecular flexibility index (Phi) is 9.54. The van der Waals surface area contributed by atoms with Gasteiger partial charge in [0.05, 0.1) is 11.6 Å². The Labute approximate surface area is 218 Å². The van der Waals surface area contributed by atoms with E-state index in [1.165, 1.54) is 0 Å². The molecule has 0 aliphatic heterocycles. The van der Waals surface area contributed by atoms with E-state index in [0.29, 0.717) is 40.4 Å². The average molecular weight is 552 g/mol. The second-order valence-corrected chi connectivity index (χ2v) is 8.83. The number of methoxy groups -OCH3 is 1. The van der Waals surface area contributed by atoms with E-state index in [2.05, 4.69) is 27.8 Å². The van der Waals surface area contributed by atoms with Crippen molar-refractivity contribution in [2.24, 2.45) is 0 Å². The number of nitriles is 1. The van der Waals surface area contributed by atoms with Gasteiger partial charge in [-0.2, -0.15) is 5.26 Å². The first-order valence-electron chi connectivity index (χ1n) is 10.8. The minimum Gasteiger partial charge on any atom is -0.497 e. The molecule has 5 nitrogen and oxygen atoms in total. The van der Waals surface area contributed by atoms with Crippen LogP contribution < -0.4 is 14.8 Å². The number of nitrogens with one attached hydrogen (secondary N) is 1. The summed E-state index contributed by atoms with van der Waals surface area (Å²) in [6.07, 6.45) is 3.87. The molecule has 178 valence electrons. The largest absolute Gasteiger partial charge is 0.497 e. The number of ether oxygens (including phenoxy) is 2. The number of rotatable bonds is 10. The highest BCUT2D eigenvalue weighted by Gasteiger charge is 2.14. The number of hydrogen-bond acceptors (Lipinski definition) is 4. The third kappa shape index (κ3) is 7.22. The summed E-state index contributed by atoms with van der Waals surface area (Å²) >= 11 is 9.81. The van der Waals surface area contributed by atoms with Gasteiger partial charge in [0.25, 0.3) is 5.91 Å². The SMILES string of the molecule is C=CCc1cc(/C=C(/C#N)C(=O)NCc2ccc(OC)cc2)cc(Br)c1OCc1ccccc1Cl. The van der Waals surface area contributed by atoms with Gasteiger partial charge in [0.2, 0.25) is 0 Å². The Morgan fingerprint density at radius 2 is 1.91 bits per heavy atom. The van der Waals surface area contributed by atoms with E-state index in [0.717, 1.165) is 22.4 Å². The summed E-state index contributed by atoms with van der Waals surface area (Å²) in [6, 6.07) is 20.5. The quantitative estimate of drug-likeness (QED) is 0.174. The summed E-state index contributed by atoms with van der Waals surface area (Å²) in [5.74, 6) is 0.936. The van der Waals surface area contributed by atoms with Crippen LogP contribution in [0.4, 0.5) is 0 Å². The van der Waals surface area contributed by atoms with Gasteiger partial charge in [0.15, 0.2) is 0 Å². The standard InChI is InChI=1S/C28H24BrClN2O3/c1-3-6-21-13-20(15-25(29)27(21)35-18-22-7-4-5-8-26(22)30)14-23(16-31)28(33)32-17-19-9-11-24(34-2)12-10-19/h3-5,7-15H,1,6,17-18H2,2H3,(H,32,33)/b23-14-. The molecule has 3 aromatic rings. The molecule has 7 heteroatoms. The number of nitrogens with zero attached hydrogens (tertiary/aromatic N) is 1. The van der Waals surface area contributed by atoms with Crippen LogP contribution in [-0.4, -0.2) is 13.0 Å². The fourth-order valence-corrected chi connectivity index (χ4v) is 4.15. The van der Waals surface area contributed by atoms with Crippen LogP contribution in [0.3, 0.4) is 0 Å². The molecule has 3 aromatic carbocycles. The molecule has 0 spiro atoms. The summed E-state index contributed by atoms with van der Waals surface area (Å²) in [5.41, 5.74) is 3.32. The highest BCUT2D eigenvalue weighted by Crippen LogP contribution is 2.33. The van der Waals surface area contributed by atoms with Crippen LogP contribution in [0, 0.1) is 11.3 Å². The van der Waals surface area contributed by atoms with E-state index < -0.39 is 5.91 Å². The van der Waals surface area contributed by atoms with Crippen molar-refractivity contribution in [3.8, 4) is 17.6 Å². The van der Waals surface area contributed by atoms with Crippen molar-refractivity contribution in [3.05, 3.63) is 111 Å². The molecule has 0 heterocycles. The van der Waals surface area contributed by atoms with Crippen molar-refractivity contribution >= 4 is 39.5 Å². The van der Waals surface area contributed by atoms with Crippen LogP contribution in [0.15, 0.2) is 83.4 Å². The lowest BCUT2D eigenvalue weighted by molar-refractivity contribution is -0.117. The first kappa shape index (κ1) is 26.1. The van der Waals surface area contributed by atoms with Gasteiger partial charge >= 0.3 is 0 Å². The third-order valence-corrected chi connectivity index (χ3v) is 6.08. The predicted molar refractivity (Wildman–Crippen MR) is 142 cm³/mol. The molecule has 0 fully saturated rings. The second kappa shape index (κ2) is 12.8. The third-order valence-electron chi connectivity index (χ3n) is 5.13. The van der Waals surface area contributed by atoms with Crippen molar-refractivity contribution < 1.29 is 14.3 Å². The molecule has 0 aliphatic rings. The molecule has 0 saturated heterocycles. The first-order chi connectivity index (χ1) is 16.9. The molecule has 0 aliphatic carbocycles. The Balaban J connectivity index is 1.78. The number of halogens is 2. The molecule has 0 atom stereocenters. The van der Waals surface area contributed by atoms with E-state index in [1.807, 2.05) is 66.7 Å². The van der Waals surface area contributed by atoms with Gasteiger partial charge in [0.1, 0.15) is 29.7 Å². The van der Waals surface area contributed by atoms with Crippen LogP contribution in [0.2, 0.25) is 5.02 Å². The zero-order valence-corrected chi connectivity index (χ0v) is 21.5. The average Bonchev–Trinajstić information content (AvgIpc) is 2.86. The highest BCUT2D eigenvalue weighted by molar-refractivity contribution is 9.10. The Hall–Kier alpha value is -3.53. The van der Waals surface area contributed by atoms with Crippen molar-refractivity contribution in [1.82, 2.24) is 5.32 Å². The van der Waals surface area contributed by atoms with Crippen LogP contribution >= 0.6 is 27.5 Å². The molecule has 0 aromatic heterocycles. The molecule has 35 heavy (non-hydrogen) atoms. The van der Waals surface area contributed by atoms with E-state index >= 15 is 0 Å². The van der Waals surface area contributed by atoms with Crippen LogP contribution in [-0.2, 0) is 24.4 Å². The van der Waals surface area contributed by atoms with Crippen molar-refractivity contribution in [1.29, 1.82) is 5.26 Å². The number of hydrogen-bond donors (Lipinski definition) is 1. The minimum absolute atomic E-state index is 0.000277. The maximum absolute atomic E-state index is 12.6. The lowest BCUT2D eigenvalue weighted by atomic mass is 10.0. The van der Waals surface area contributed by atoms with E-state index in [9.17, 15) is 10.1 Å². The molecule has 0 radical (unpaired) electrons. The van der Waals surface area contributed by atoms with Crippen molar-refractivity contribution in [2.45, 2.75) is 19.6 Å². The topological polar surface area (TPSA) is 71.4 Å². The maximum atomic E-state index is 12.6. The molecule has 3 rings (SSSR count). The highest BCUT2D eigenvalue weighted by atomic mass is 79.9. The lowest BCUT2D eigenvalue weighted by Crippen LogP contribution is -2.23. The molecule has 0 saturated carbocycles. The van der Waals surface area contributed by atoms with Gasteiger partial charge in [-0.1, -0.05) is 48.0 Å². The zero-order chi connectivity index (χ0) is 25.2. The summed E-state index contributed by atoms with van der Waals surface area (Å²) in [5, 5.41) is 13.0. The van der Waals surface area contributed by atoms with Gasteiger partial charge in [0, 0.05) is 17.1 Å². The van der Waals surface area contributed by atoms with Gasteiger partial charge in [-0.05, 0) is 75.4 Å². The number of amides is 1. The van der Waals surface area contributed by atoms with Crippen LogP contribution in [0.1, 0.15) is 22.3 Å². The summed E-state index contributed by atoms with van der Waals surface area (Å²) < 4.78 is 11.9. The van der Waals surface area contributed by atoms with Gasteiger partial charge in [-0.15, -0.1) is 6.58 Å². The normalized spacial score (nSPS) is 10.9. The van der Waals surface area contributed by atoms with E-state index in [1.54, 1.807) is 19.3 Å². The number of carbonyl (C=O) groups is 1. The van der Waals surface area contributed by atoms with Gasteiger partial charge in [-0.3, -0.25) is 4.79 Å².